The molecule has 1 unspecified atom stereocenters. The molecule has 0 spiro atoms. The summed E-state index contributed by atoms with van der Waals surface area (Å²) in [6.07, 6.45) is -0.299. The van der Waals surface area contributed by atoms with Gasteiger partial charge in [-0.3, -0.25) is 22.9 Å². The van der Waals surface area contributed by atoms with Gasteiger partial charge in [-0.05, 0) is 69.7 Å². The quantitative estimate of drug-likeness (QED) is 0.323. The molecule has 2 N–H and O–H groups in total. The third-order valence-electron chi connectivity index (χ3n) is 4.40. The number of carboxylic acid groups (broad SMARTS) is 1. The van der Waals surface area contributed by atoms with Crippen LogP contribution in [0.3, 0.4) is 0 Å². The average molecular weight is 496 g/mol. The third-order valence-corrected chi connectivity index (χ3v) is 5.34. The zero-order valence-corrected chi connectivity index (χ0v) is 20.1. The molecule has 1 amide bonds. The van der Waals surface area contributed by atoms with Gasteiger partial charge < -0.3 is 19.7 Å². The van der Waals surface area contributed by atoms with Crippen LogP contribution in [0.4, 0.5) is 11.4 Å². The van der Waals surface area contributed by atoms with Crippen LogP contribution in [0.2, 0.25) is 5.02 Å². The van der Waals surface area contributed by atoms with E-state index in [0.717, 1.165) is 4.31 Å². The van der Waals surface area contributed by atoms with Gasteiger partial charge in [0.25, 0.3) is 5.91 Å². The summed E-state index contributed by atoms with van der Waals surface area (Å²) in [4.78, 5) is 35.5. The third kappa shape index (κ3) is 7.01. The summed E-state index contributed by atoms with van der Waals surface area (Å²) in [5.74, 6) is -1.94. The molecule has 2 rings (SSSR count). The van der Waals surface area contributed by atoms with Crippen LogP contribution in [0.5, 0.6) is 5.75 Å². The van der Waals surface area contributed by atoms with Gasteiger partial charge in [0.15, 0.2) is 0 Å². The number of halogens is 1. The fraction of sp³-hybridized carbons (Fsp3) is 0.318. The van der Waals surface area contributed by atoms with E-state index >= 15 is 0 Å². The monoisotopic (exact) mass is 495 g/mol. The number of esters is 1. The number of nitrogens with one attached hydrogen (secondary N) is 1. The van der Waals surface area contributed by atoms with Crippen molar-refractivity contribution in [2.75, 3.05) is 10.8 Å². The molecule has 0 aliphatic heterocycles. The minimum absolute atomic E-state index is 0.0133. The van der Waals surface area contributed by atoms with Crippen LogP contribution in [0.1, 0.15) is 43.1 Å². The Balaban J connectivity index is 2.44. The Morgan fingerprint density at radius 1 is 1.18 bits per heavy atom. The summed E-state index contributed by atoms with van der Waals surface area (Å²) in [7, 11) is 0. The maximum absolute atomic E-state index is 12.6. The van der Waals surface area contributed by atoms with Gasteiger partial charge in [-0.1, -0.05) is 11.6 Å². The van der Waals surface area contributed by atoms with Crippen molar-refractivity contribution in [3.8, 4) is 5.75 Å². The average Bonchev–Trinajstić information content (AvgIpc) is 2.69. The van der Waals surface area contributed by atoms with Crippen molar-refractivity contribution < 1.29 is 33.0 Å². The van der Waals surface area contributed by atoms with E-state index in [2.05, 4.69) is 5.32 Å². The van der Waals surface area contributed by atoms with E-state index in [9.17, 15) is 23.1 Å². The highest BCUT2D eigenvalue weighted by atomic mass is 35.5. The van der Waals surface area contributed by atoms with Crippen molar-refractivity contribution in [3.63, 3.8) is 0 Å². The molecule has 9 nitrogen and oxygen atoms in total. The number of ether oxygens (including phenoxy) is 1. The second kappa shape index (κ2) is 10.8. The molecule has 178 valence electrons. The molecular formula is C22H24ClN2O7S-. The maximum Gasteiger partial charge on any atom is 0.316 e. The summed E-state index contributed by atoms with van der Waals surface area (Å²) < 4.78 is 30.6. The Morgan fingerprint density at radius 2 is 1.85 bits per heavy atom. The molecule has 33 heavy (non-hydrogen) atoms. The van der Waals surface area contributed by atoms with Crippen LogP contribution < -0.4 is 14.4 Å². The number of carboxylic acids is 1. The van der Waals surface area contributed by atoms with Crippen LogP contribution in [0.15, 0.2) is 36.4 Å². The van der Waals surface area contributed by atoms with Gasteiger partial charge in [-0.15, -0.1) is 0 Å². The van der Waals surface area contributed by atoms with Gasteiger partial charge in [0.1, 0.15) is 5.75 Å². The van der Waals surface area contributed by atoms with Crippen LogP contribution in [-0.4, -0.2) is 38.3 Å². The zero-order chi connectivity index (χ0) is 24.9. The maximum atomic E-state index is 12.6. The zero-order valence-electron chi connectivity index (χ0n) is 18.5. The number of carbonyl (C=O) groups is 3. The van der Waals surface area contributed by atoms with E-state index in [-0.39, 0.29) is 40.7 Å². The highest BCUT2D eigenvalue weighted by Crippen LogP contribution is 2.34. The van der Waals surface area contributed by atoms with Gasteiger partial charge in [0.2, 0.25) is 0 Å². The molecule has 2 aromatic carbocycles. The fourth-order valence-corrected chi connectivity index (χ4v) is 3.46. The Hall–Kier alpha value is -2.95. The van der Waals surface area contributed by atoms with E-state index in [0.29, 0.717) is 5.56 Å². The van der Waals surface area contributed by atoms with E-state index in [1.807, 2.05) is 0 Å². The minimum atomic E-state index is -2.83. The van der Waals surface area contributed by atoms with Crippen molar-refractivity contribution in [1.29, 1.82) is 0 Å². The first-order valence-corrected chi connectivity index (χ1v) is 11.2. The molecule has 0 aliphatic rings. The number of carbonyl (C=O) groups excluding carboxylic acids is 2. The Kier molecular flexibility index (Phi) is 8.59. The number of rotatable bonds is 8. The summed E-state index contributed by atoms with van der Waals surface area (Å²) in [6.45, 7) is 6.65. The number of nitrogens with zero attached hydrogens (tertiary/aromatic N) is 1. The topological polar surface area (TPSA) is 136 Å². The number of amides is 1. The molecule has 0 saturated heterocycles. The van der Waals surface area contributed by atoms with E-state index in [4.69, 9.17) is 21.4 Å². The second-order valence-corrected chi connectivity index (χ2v) is 9.40. The standard InChI is InChI=1S/C22H25ClN2O7S/c1-13-11-15(6-8-18(13)32-21(29)22(2,3)4)25(33(30)31)17-7-5-14(23)12-16(17)20(28)24-10-9-19(26)27/h5-8,11-12H,9-10H2,1-4H3,(H,24,28)(H,26,27)(H,30,31)/p-1. The van der Waals surface area contributed by atoms with Gasteiger partial charge in [-0.25, -0.2) is 0 Å². The minimum Gasteiger partial charge on any atom is -0.755 e. The SMILES string of the molecule is Cc1cc(N(c2ccc(Cl)cc2C(=O)NCCC(=O)O)S(=O)[O-])ccc1OC(=O)C(C)(C)C. The number of anilines is 2. The van der Waals surface area contributed by atoms with Crippen LogP contribution in [0.25, 0.3) is 0 Å². The van der Waals surface area contributed by atoms with Gasteiger partial charge >= 0.3 is 11.9 Å². The Morgan fingerprint density at radius 3 is 2.39 bits per heavy atom. The van der Waals surface area contributed by atoms with Crippen molar-refractivity contribution in [2.24, 2.45) is 5.41 Å². The van der Waals surface area contributed by atoms with E-state index < -0.39 is 34.5 Å². The Bertz CT molecular complexity index is 1100. The van der Waals surface area contributed by atoms with Crippen LogP contribution >= 0.6 is 11.6 Å². The van der Waals surface area contributed by atoms with Crippen molar-refractivity contribution in [2.45, 2.75) is 34.1 Å². The molecule has 0 aliphatic carbocycles. The molecule has 11 heteroatoms. The molecule has 2 aromatic rings. The van der Waals surface area contributed by atoms with Crippen LogP contribution in [0, 0.1) is 12.3 Å². The highest BCUT2D eigenvalue weighted by molar-refractivity contribution is 7.81. The van der Waals surface area contributed by atoms with Crippen LogP contribution in [-0.2, 0) is 20.9 Å². The summed E-state index contributed by atoms with van der Waals surface area (Å²) in [6, 6.07) is 8.50. The second-order valence-electron chi connectivity index (χ2n) is 8.16. The fourth-order valence-electron chi connectivity index (χ4n) is 2.68. The Labute approximate surface area is 199 Å². The first-order valence-electron chi connectivity index (χ1n) is 9.83. The van der Waals surface area contributed by atoms with Gasteiger partial charge in [0.05, 0.1) is 40.0 Å². The van der Waals surface area contributed by atoms with Crippen molar-refractivity contribution in [3.05, 3.63) is 52.5 Å². The highest BCUT2D eigenvalue weighted by Gasteiger charge is 2.25. The summed E-state index contributed by atoms with van der Waals surface area (Å²) >= 11 is 3.18. The molecule has 0 aromatic heterocycles. The molecular weight excluding hydrogens is 472 g/mol. The predicted octanol–water partition coefficient (Wildman–Crippen LogP) is 3.74. The van der Waals surface area contributed by atoms with Crippen molar-refractivity contribution >= 4 is 52.1 Å². The normalized spacial score (nSPS) is 12.1. The van der Waals surface area contributed by atoms with Gasteiger partial charge in [0, 0.05) is 11.6 Å². The number of aliphatic carboxylic acids is 1. The first-order chi connectivity index (χ1) is 15.3. The molecule has 0 radical (unpaired) electrons. The number of benzene rings is 2. The molecule has 0 saturated carbocycles. The lowest BCUT2D eigenvalue weighted by atomic mass is 9.97. The van der Waals surface area contributed by atoms with E-state index in [1.165, 1.54) is 36.4 Å². The van der Waals surface area contributed by atoms with Gasteiger partial charge in [-0.2, -0.15) is 0 Å². The lowest BCUT2D eigenvalue weighted by molar-refractivity contribution is -0.143. The lowest BCUT2D eigenvalue weighted by Gasteiger charge is -2.29. The first kappa shape index (κ1) is 26.3. The molecule has 0 heterocycles. The predicted molar refractivity (Wildman–Crippen MR) is 123 cm³/mol. The largest absolute Gasteiger partial charge is 0.755 e. The summed E-state index contributed by atoms with van der Waals surface area (Å²) in [5.41, 5.74) is -0.0718. The summed E-state index contributed by atoms with van der Waals surface area (Å²) in [5, 5.41) is 11.4. The van der Waals surface area contributed by atoms with E-state index in [1.54, 1.807) is 27.7 Å². The number of hydrogen-bond donors (Lipinski definition) is 2. The lowest BCUT2D eigenvalue weighted by Crippen LogP contribution is -2.29. The number of aryl methyl sites for hydroxylation is 1. The number of hydrogen-bond acceptors (Lipinski definition) is 6. The van der Waals surface area contributed by atoms with Crippen molar-refractivity contribution in [1.82, 2.24) is 5.32 Å². The molecule has 0 bridgehead atoms. The molecule has 0 fully saturated rings. The molecule has 1 atom stereocenters. The smallest absolute Gasteiger partial charge is 0.316 e.